The molecule has 1 heterocycles. The summed E-state index contributed by atoms with van der Waals surface area (Å²) in [6.07, 6.45) is 31.2. The van der Waals surface area contributed by atoms with Crippen molar-refractivity contribution in [3.05, 3.63) is 48.6 Å². The van der Waals surface area contributed by atoms with E-state index in [-0.39, 0.29) is 26.1 Å². The molecule has 1 aliphatic heterocycles. The SMILES string of the molecule is CCCC/C=C/CCCCCCCC(=O)O[C@@H](COC(=O)CCCCCC/C=C/C/C=C/C/C=C/CCCCC)CO[C@H]1O[C@@H](CO)[C@@H](O)C(O)C1O. The lowest BCUT2D eigenvalue weighted by atomic mass is 9.99. The van der Waals surface area contributed by atoms with E-state index < -0.39 is 55.4 Å². The average molecular weight is 751 g/mol. The molecule has 0 aromatic carbocycles. The normalized spacial score (nSPS) is 21.4. The van der Waals surface area contributed by atoms with Crippen LogP contribution in [0.2, 0.25) is 0 Å². The molecular formula is C43H74O10. The number of hydrogen-bond donors (Lipinski definition) is 4. The summed E-state index contributed by atoms with van der Waals surface area (Å²) in [5, 5.41) is 39.9. The Labute approximate surface area is 320 Å². The molecule has 0 amide bonds. The number of rotatable bonds is 33. The van der Waals surface area contributed by atoms with Gasteiger partial charge < -0.3 is 39.4 Å². The van der Waals surface area contributed by atoms with Crippen LogP contribution in [0.3, 0.4) is 0 Å². The summed E-state index contributed by atoms with van der Waals surface area (Å²) in [5.74, 6) is -0.848. The quantitative estimate of drug-likeness (QED) is 0.0294. The van der Waals surface area contributed by atoms with Crippen LogP contribution < -0.4 is 0 Å². The lowest BCUT2D eigenvalue weighted by molar-refractivity contribution is -0.305. The number of aliphatic hydroxyl groups is 4. The monoisotopic (exact) mass is 751 g/mol. The minimum absolute atomic E-state index is 0.212. The average Bonchev–Trinajstić information content (AvgIpc) is 3.15. The molecule has 0 aromatic rings. The van der Waals surface area contributed by atoms with Gasteiger partial charge in [-0.3, -0.25) is 9.59 Å². The molecule has 1 fully saturated rings. The summed E-state index contributed by atoms with van der Waals surface area (Å²) in [6.45, 7) is 3.30. The Kier molecular flexibility index (Phi) is 31.4. The second-order valence-electron chi connectivity index (χ2n) is 14.1. The van der Waals surface area contributed by atoms with E-state index in [1.807, 2.05) is 0 Å². The van der Waals surface area contributed by atoms with Crippen LogP contribution in [-0.2, 0) is 28.5 Å². The van der Waals surface area contributed by atoms with Gasteiger partial charge in [0.15, 0.2) is 12.4 Å². The molecule has 10 heteroatoms. The Morgan fingerprint density at radius 2 is 1.08 bits per heavy atom. The van der Waals surface area contributed by atoms with Crippen LogP contribution in [0.25, 0.3) is 0 Å². The maximum absolute atomic E-state index is 12.7. The molecule has 0 aromatic heterocycles. The molecule has 6 atom stereocenters. The highest BCUT2D eigenvalue weighted by molar-refractivity contribution is 5.70. The lowest BCUT2D eigenvalue weighted by Crippen LogP contribution is -2.59. The van der Waals surface area contributed by atoms with Crippen molar-refractivity contribution in [3.8, 4) is 0 Å². The van der Waals surface area contributed by atoms with Crippen molar-refractivity contribution in [1.29, 1.82) is 0 Å². The standard InChI is InChI=1S/C43H74O10/c1-3-5-7-9-11-13-15-16-17-18-19-20-22-23-25-27-29-31-38(45)50-34-36(35-51-43-42(49)41(48)40(47)37(33-44)53-43)52-39(46)32-30-28-26-24-21-14-12-10-8-6-4-2/h10-13,16-17,19-20,36-37,40-44,47-49H,3-9,14-15,18,21-35H2,1-2H3/b12-10+,13-11+,17-16+,20-19+/t36-,37-,40+,41?,42?,43-/m0/s1. The van der Waals surface area contributed by atoms with Crippen molar-refractivity contribution < 1.29 is 49.0 Å². The van der Waals surface area contributed by atoms with Crippen LogP contribution in [0, 0.1) is 0 Å². The van der Waals surface area contributed by atoms with Gasteiger partial charge in [-0.1, -0.05) is 120 Å². The van der Waals surface area contributed by atoms with Crippen molar-refractivity contribution in [2.24, 2.45) is 0 Å². The van der Waals surface area contributed by atoms with Crippen LogP contribution in [0.4, 0.5) is 0 Å². The smallest absolute Gasteiger partial charge is 0.306 e. The molecule has 1 rings (SSSR count). The van der Waals surface area contributed by atoms with Crippen LogP contribution in [-0.4, -0.2) is 89.0 Å². The maximum Gasteiger partial charge on any atom is 0.306 e. The highest BCUT2D eigenvalue weighted by Crippen LogP contribution is 2.22. The fourth-order valence-electron chi connectivity index (χ4n) is 5.82. The molecule has 1 aliphatic rings. The molecule has 1 saturated heterocycles. The first kappa shape index (κ1) is 48.7. The number of esters is 2. The number of carbonyl (C=O) groups is 2. The second kappa shape index (κ2) is 34.2. The van der Waals surface area contributed by atoms with E-state index in [0.29, 0.717) is 12.8 Å². The number of hydrogen-bond acceptors (Lipinski definition) is 10. The first-order chi connectivity index (χ1) is 25.8. The van der Waals surface area contributed by atoms with E-state index >= 15 is 0 Å². The third-order valence-electron chi connectivity index (χ3n) is 9.19. The summed E-state index contributed by atoms with van der Waals surface area (Å²) in [4.78, 5) is 25.2. The molecule has 0 spiro atoms. The summed E-state index contributed by atoms with van der Waals surface area (Å²) in [5.41, 5.74) is 0. The molecule has 0 aliphatic carbocycles. The Bertz CT molecular complexity index is 1010. The van der Waals surface area contributed by atoms with E-state index in [1.165, 1.54) is 38.5 Å². The van der Waals surface area contributed by atoms with Gasteiger partial charge in [0, 0.05) is 12.8 Å². The molecule has 0 bridgehead atoms. The molecule has 306 valence electrons. The van der Waals surface area contributed by atoms with Gasteiger partial charge in [0.05, 0.1) is 13.2 Å². The fraction of sp³-hybridized carbons (Fsp3) is 0.767. The van der Waals surface area contributed by atoms with Crippen LogP contribution in [0.15, 0.2) is 48.6 Å². The van der Waals surface area contributed by atoms with Gasteiger partial charge in [0.2, 0.25) is 0 Å². The molecule has 0 saturated carbocycles. The largest absolute Gasteiger partial charge is 0.462 e. The lowest BCUT2D eigenvalue weighted by Gasteiger charge is -2.39. The van der Waals surface area contributed by atoms with Crippen molar-refractivity contribution in [2.75, 3.05) is 19.8 Å². The predicted molar refractivity (Wildman–Crippen MR) is 210 cm³/mol. The minimum Gasteiger partial charge on any atom is -0.462 e. The third kappa shape index (κ3) is 26.2. The van der Waals surface area contributed by atoms with E-state index in [1.54, 1.807) is 0 Å². The highest BCUT2D eigenvalue weighted by atomic mass is 16.7. The summed E-state index contributed by atoms with van der Waals surface area (Å²) < 4.78 is 22.0. The van der Waals surface area contributed by atoms with E-state index in [0.717, 1.165) is 77.0 Å². The van der Waals surface area contributed by atoms with Crippen molar-refractivity contribution in [3.63, 3.8) is 0 Å². The zero-order chi connectivity index (χ0) is 38.8. The van der Waals surface area contributed by atoms with Crippen LogP contribution in [0.1, 0.15) is 155 Å². The highest BCUT2D eigenvalue weighted by Gasteiger charge is 2.44. The topological polar surface area (TPSA) is 152 Å². The van der Waals surface area contributed by atoms with Gasteiger partial charge in [-0.15, -0.1) is 0 Å². The van der Waals surface area contributed by atoms with Gasteiger partial charge in [0.25, 0.3) is 0 Å². The fourth-order valence-corrected chi connectivity index (χ4v) is 5.82. The Morgan fingerprint density at radius 3 is 1.66 bits per heavy atom. The van der Waals surface area contributed by atoms with Gasteiger partial charge in [0.1, 0.15) is 31.0 Å². The summed E-state index contributed by atoms with van der Waals surface area (Å²) in [6, 6.07) is 0. The molecular weight excluding hydrogens is 676 g/mol. The van der Waals surface area contributed by atoms with Crippen LogP contribution in [0.5, 0.6) is 0 Å². The van der Waals surface area contributed by atoms with E-state index in [9.17, 15) is 30.0 Å². The molecule has 53 heavy (non-hydrogen) atoms. The molecule has 4 N–H and O–H groups in total. The van der Waals surface area contributed by atoms with E-state index in [2.05, 4.69) is 62.5 Å². The van der Waals surface area contributed by atoms with Gasteiger partial charge in [-0.2, -0.15) is 0 Å². The first-order valence-electron chi connectivity index (χ1n) is 20.7. The van der Waals surface area contributed by atoms with Gasteiger partial charge >= 0.3 is 11.9 Å². The third-order valence-corrected chi connectivity index (χ3v) is 9.19. The second-order valence-corrected chi connectivity index (χ2v) is 14.1. The van der Waals surface area contributed by atoms with Gasteiger partial charge in [-0.05, 0) is 70.6 Å². The Hall–Kier alpha value is -2.34. The summed E-state index contributed by atoms with van der Waals surface area (Å²) >= 11 is 0. The Morgan fingerprint density at radius 1 is 0.585 bits per heavy atom. The molecule has 10 nitrogen and oxygen atoms in total. The number of ether oxygens (including phenoxy) is 4. The van der Waals surface area contributed by atoms with Crippen LogP contribution >= 0.6 is 0 Å². The predicted octanol–water partition coefficient (Wildman–Crippen LogP) is 8.10. The zero-order valence-corrected chi connectivity index (χ0v) is 33.0. The molecule has 0 radical (unpaired) electrons. The van der Waals surface area contributed by atoms with Crippen molar-refractivity contribution >= 4 is 11.9 Å². The maximum atomic E-state index is 12.7. The zero-order valence-electron chi connectivity index (χ0n) is 33.0. The van der Waals surface area contributed by atoms with Gasteiger partial charge in [-0.25, -0.2) is 0 Å². The van der Waals surface area contributed by atoms with Crippen molar-refractivity contribution in [1.82, 2.24) is 0 Å². The minimum atomic E-state index is -1.60. The summed E-state index contributed by atoms with van der Waals surface area (Å²) in [7, 11) is 0. The number of carbonyl (C=O) groups excluding carboxylic acids is 2. The number of aliphatic hydroxyl groups excluding tert-OH is 4. The number of unbranched alkanes of at least 4 members (excludes halogenated alkanes) is 14. The first-order valence-corrected chi connectivity index (χ1v) is 20.7. The van der Waals surface area contributed by atoms with Crippen molar-refractivity contribution in [2.45, 2.75) is 192 Å². The molecule has 2 unspecified atom stereocenters. The number of allylic oxidation sites excluding steroid dienone is 8. The van der Waals surface area contributed by atoms with E-state index in [4.69, 9.17) is 18.9 Å². The Balaban J connectivity index is 2.38.